The highest BCUT2D eigenvalue weighted by Gasteiger charge is 1.99. The molecule has 0 amide bonds. The molecule has 0 spiro atoms. The molecule has 0 aliphatic carbocycles. The first-order valence-corrected chi connectivity index (χ1v) is 4.51. The molecule has 0 fully saturated rings. The summed E-state index contributed by atoms with van der Waals surface area (Å²) in [7, 11) is 1.37. The van der Waals surface area contributed by atoms with Gasteiger partial charge in [0.15, 0.2) is 0 Å². The maximum atomic E-state index is 10.7. The van der Waals surface area contributed by atoms with Crippen molar-refractivity contribution >= 4 is 5.97 Å². The van der Waals surface area contributed by atoms with Gasteiger partial charge in [-0.2, -0.15) is 0 Å². The summed E-state index contributed by atoms with van der Waals surface area (Å²) in [5.41, 5.74) is 1.11. The average molecular weight is 194 g/mol. The molecule has 0 saturated heterocycles. The number of methoxy groups -OCH3 is 1. The number of carbonyl (C=O) groups is 1. The fraction of sp³-hybridized carbons (Fsp3) is 0.364. The van der Waals surface area contributed by atoms with Gasteiger partial charge >= 0.3 is 5.97 Å². The van der Waals surface area contributed by atoms with Crippen molar-refractivity contribution in [1.82, 2.24) is 0 Å². The van der Waals surface area contributed by atoms with Gasteiger partial charge in [-0.25, -0.2) is 0 Å². The maximum Gasteiger partial charge on any atom is 0.307 e. The number of hydrogen-bond donors (Lipinski definition) is 0. The second-order valence-corrected chi connectivity index (χ2v) is 2.86. The Balaban J connectivity index is 2.13. The van der Waals surface area contributed by atoms with Crippen molar-refractivity contribution in [3.8, 4) is 0 Å². The Kier molecular flexibility index (Phi) is 4.72. The Hall–Kier alpha value is -1.35. The Morgan fingerprint density at radius 2 is 2.00 bits per heavy atom. The molecule has 0 aromatic heterocycles. The van der Waals surface area contributed by atoms with Gasteiger partial charge in [-0.05, 0) is 5.56 Å². The summed E-state index contributed by atoms with van der Waals surface area (Å²) in [5, 5.41) is 0. The largest absolute Gasteiger partial charge is 0.469 e. The minimum Gasteiger partial charge on any atom is -0.469 e. The van der Waals surface area contributed by atoms with Crippen molar-refractivity contribution in [1.29, 1.82) is 0 Å². The van der Waals surface area contributed by atoms with Gasteiger partial charge in [0, 0.05) is 0 Å². The third-order valence-electron chi connectivity index (χ3n) is 1.79. The molecule has 1 aromatic rings. The smallest absolute Gasteiger partial charge is 0.307 e. The molecule has 0 atom stereocenters. The van der Waals surface area contributed by atoms with Crippen LogP contribution in [0, 0.1) is 0 Å². The van der Waals surface area contributed by atoms with E-state index in [-0.39, 0.29) is 5.97 Å². The topological polar surface area (TPSA) is 35.5 Å². The molecule has 3 heteroatoms. The summed E-state index contributed by atoms with van der Waals surface area (Å²) in [6, 6.07) is 9.84. The monoisotopic (exact) mass is 194 g/mol. The van der Waals surface area contributed by atoms with E-state index in [1.807, 2.05) is 30.3 Å². The maximum absolute atomic E-state index is 10.7. The molecule has 1 rings (SSSR count). The summed E-state index contributed by atoms with van der Waals surface area (Å²) in [6.45, 7) is 0.944. The van der Waals surface area contributed by atoms with Crippen LogP contribution in [-0.4, -0.2) is 19.7 Å². The molecule has 14 heavy (non-hydrogen) atoms. The summed E-state index contributed by atoms with van der Waals surface area (Å²) in [5.74, 6) is -0.238. The van der Waals surface area contributed by atoms with E-state index in [1.165, 1.54) is 7.11 Å². The fourth-order valence-corrected chi connectivity index (χ4v) is 1.02. The first-order valence-electron chi connectivity index (χ1n) is 4.51. The standard InChI is InChI=1S/C11H14O3/c1-13-11(12)7-8-14-9-10-5-3-2-4-6-10/h2-6H,7-9H2,1H3. The molecule has 0 radical (unpaired) electrons. The van der Waals surface area contributed by atoms with Gasteiger partial charge in [0.25, 0.3) is 0 Å². The van der Waals surface area contributed by atoms with Crippen LogP contribution in [0.4, 0.5) is 0 Å². The molecule has 76 valence electrons. The third kappa shape index (κ3) is 4.05. The van der Waals surface area contributed by atoms with Crippen LogP contribution in [0.2, 0.25) is 0 Å². The van der Waals surface area contributed by atoms with Gasteiger partial charge in [0.2, 0.25) is 0 Å². The zero-order valence-electron chi connectivity index (χ0n) is 8.23. The van der Waals surface area contributed by atoms with Gasteiger partial charge in [-0.3, -0.25) is 4.79 Å². The van der Waals surface area contributed by atoms with Crippen molar-refractivity contribution in [2.24, 2.45) is 0 Å². The highest BCUT2D eigenvalue weighted by Crippen LogP contribution is 2.00. The molecule has 0 bridgehead atoms. The molecule has 0 aliphatic heterocycles. The molecule has 0 aliphatic rings. The zero-order chi connectivity index (χ0) is 10.2. The van der Waals surface area contributed by atoms with Crippen LogP contribution in [0.3, 0.4) is 0 Å². The van der Waals surface area contributed by atoms with E-state index in [0.717, 1.165) is 5.56 Å². The van der Waals surface area contributed by atoms with E-state index in [9.17, 15) is 4.79 Å². The van der Waals surface area contributed by atoms with E-state index >= 15 is 0 Å². The minimum atomic E-state index is -0.238. The number of carbonyl (C=O) groups excluding carboxylic acids is 1. The first-order chi connectivity index (χ1) is 6.83. The lowest BCUT2D eigenvalue weighted by Gasteiger charge is -2.02. The number of rotatable bonds is 5. The zero-order valence-corrected chi connectivity index (χ0v) is 8.23. The number of benzene rings is 1. The Bertz CT molecular complexity index is 269. The van der Waals surface area contributed by atoms with Crippen molar-refractivity contribution in [3.05, 3.63) is 35.9 Å². The SMILES string of the molecule is COC(=O)CCOCc1ccccc1. The second kappa shape index (κ2) is 6.16. The summed E-state index contributed by atoms with van der Waals surface area (Å²) in [6.07, 6.45) is 0.309. The normalized spacial score (nSPS) is 9.79. The molecular formula is C11H14O3. The van der Waals surface area contributed by atoms with E-state index in [4.69, 9.17) is 4.74 Å². The number of hydrogen-bond acceptors (Lipinski definition) is 3. The quantitative estimate of drug-likeness (QED) is 0.529. The first kappa shape index (κ1) is 10.7. The van der Waals surface area contributed by atoms with Crippen molar-refractivity contribution in [2.75, 3.05) is 13.7 Å². The predicted molar refractivity (Wildman–Crippen MR) is 52.7 cm³/mol. The van der Waals surface area contributed by atoms with Crippen molar-refractivity contribution in [3.63, 3.8) is 0 Å². The molecular weight excluding hydrogens is 180 g/mol. The highest BCUT2D eigenvalue weighted by atomic mass is 16.5. The van der Waals surface area contributed by atoms with Crippen LogP contribution in [0.15, 0.2) is 30.3 Å². The van der Waals surface area contributed by atoms with Crippen LogP contribution in [0.25, 0.3) is 0 Å². The van der Waals surface area contributed by atoms with E-state index < -0.39 is 0 Å². The third-order valence-corrected chi connectivity index (χ3v) is 1.79. The highest BCUT2D eigenvalue weighted by molar-refractivity contribution is 5.69. The summed E-state index contributed by atoms with van der Waals surface area (Å²) < 4.78 is 9.77. The second-order valence-electron chi connectivity index (χ2n) is 2.86. The number of ether oxygens (including phenoxy) is 2. The van der Waals surface area contributed by atoms with Gasteiger partial charge in [-0.15, -0.1) is 0 Å². The Labute approximate surface area is 83.6 Å². The lowest BCUT2D eigenvalue weighted by molar-refractivity contribution is -0.141. The molecule has 0 heterocycles. The van der Waals surface area contributed by atoms with Crippen molar-refractivity contribution in [2.45, 2.75) is 13.0 Å². The van der Waals surface area contributed by atoms with E-state index in [1.54, 1.807) is 0 Å². The van der Waals surface area contributed by atoms with Crippen LogP contribution < -0.4 is 0 Å². The average Bonchev–Trinajstić information content (AvgIpc) is 2.25. The van der Waals surface area contributed by atoms with Crippen LogP contribution in [-0.2, 0) is 20.9 Å². The Morgan fingerprint density at radius 1 is 1.29 bits per heavy atom. The summed E-state index contributed by atoms with van der Waals surface area (Å²) in [4.78, 5) is 10.7. The molecule has 0 unspecified atom stereocenters. The van der Waals surface area contributed by atoms with Gasteiger partial charge in [-0.1, -0.05) is 30.3 Å². The van der Waals surface area contributed by atoms with Crippen LogP contribution >= 0.6 is 0 Å². The molecule has 0 saturated carbocycles. The lowest BCUT2D eigenvalue weighted by Crippen LogP contribution is -2.05. The molecule has 3 nitrogen and oxygen atoms in total. The summed E-state index contributed by atoms with van der Waals surface area (Å²) >= 11 is 0. The number of esters is 1. The van der Waals surface area contributed by atoms with E-state index in [2.05, 4.69) is 4.74 Å². The molecule has 1 aromatic carbocycles. The fourth-order valence-electron chi connectivity index (χ4n) is 1.02. The predicted octanol–water partition coefficient (Wildman–Crippen LogP) is 1.77. The van der Waals surface area contributed by atoms with E-state index in [0.29, 0.717) is 19.6 Å². The van der Waals surface area contributed by atoms with Gasteiger partial charge in [0.1, 0.15) is 0 Å². The van der Waals surface area contributed by atoms with Gasteiger partial charge < -0.3 is 9.47 Å². The Morgan fingerprint density at radius 3 is 2.64 bits per heavy atom. The van der Waals surface area contributed by atoms with Crippen molar-refractivity contribution < 1.29 is 14.3 Å². The minimum absolute atomic E-state index is 0.238. The lowest BCUT2D eigenvalue weighted by atomic mass is 10.2. The van der Waals surface area contributed by atoms with Crippen LogP contribution in [0.1, 0.15) is 12.0 Å². The van der Waals surface area contributed by atoms with Gasteiger partial charge in [0.05, 0.1) is 26.7 Å². The van der Waals surface area contributed by atoms with Crippen LogP contribution in [0.5, 0.6) is 0 Å². The molecule has 0 N–H and O–H groups in total.